The number of aliphatic hydroxyl groups excluding tert-OH is 1. The molecule has 0 saturated carbocycles. The summed E-state index contributed by atoms with van der Waals surface area (Å²) in [5, 5.41) is 10.1. The molecule has 21 heavy (non-hydrogen) atoms. The summed E-state index contributed by atoms with van der Waals surface area (Å²) >= 11 is 0. The molecule has 0 aliphatic heterocycles. The van der Waals surface area contributed by atoms with Crippen molar-refractivity contribution in [3.63, 3.8) is 0 Å². The molecular weight excluding hydrogens is 270 g/mol. The van der Waals surface area contributed by atoms with E-state index in [0.29, 0.717) is 11.5 Å². The molecule has 0 aliphatic rings. The minimum Gasteiger partial charge on any atom is -0.508 e. The first-order valence-corrected chi connectivity index (χ1v) is 6.72. The predicted molar refractivity (Wildman–Crippen MR) is 82.0 cm³/mol. The maximum atomic E-state index is 11.9. The molecule has 0 atom stereocenters. The Kier molecular flexibility index (Phi) is 6.46. The first-order valence-electron chi connectivity index (χ1n) is 6.72. The van der Waals surface area contributed by atoms with Gasteiger partial charge in [0.05, 0.1) is 6.61 Å². The highest BCUT2D eigenvalue weighted by Crippen LogP contribution is 2.17. The van der Waals surface area contributed by atoms with Crippen LogP contribution in [0.25, 0.3) is 0 Å². The van der Waals surface area contributed by atoms with Crippen LogP contribution in [-0.4, -0.2) is 37.0 Å². The molecule has 1 aromatic carbocycles. The van der Waals surface area contributed by atoms with Crippen molar-refractivity contribution in [3.8, 4) is 5.75 Å². The van der Waals surface area contributed by atoms with Crippen molar-refractivity contribution in [2.24, 2.45) is 4.99 Å². The molecule has 0 bridgehead atoms. The minimum atomic E-state index is -0.605. The lowest BCUT2D eigenvalue weighted by molar-refractivity contribution is -0.138. The van der Waals surface area contributed by atoms with Crippen molar-refractivity contribution < 1.29 is 19.4 Å². The van der Waals surface area contributed by atoms with E-state index in [1.807, 2.05) is 25.1 Å². The van der Waals surface area contributed by atoms with Crippen LogP contribution in [0.3, 0.4) is 0 Å². The van der Waals surface area contributed by atoms with E-state index < -0.39 is 5.97 Å². The molecule has 114 valence electrons. The lowest BCUT2D eigenvalue weighted by Crippen LogP contribution is -2.19. The molecule has 0 unspecified atom stereocenters. The third kappa shape index (κ3) is 4.63. The number of ether oxygens (including phenoxy) is 2. The van der Waals surface area contributed by atoms with Gasteiger partial charge in [0.1, 0.15) is 23.7 Å². The van der Waals surface area contributed by atoms with Crippen LogP contribution in [0.4, 0.5) is 0 Å². The summed E-state index contributed by atoms with van der Waals surface area (Å²) in [5.74, 6) is -0.148. The fourth-order valence-corrected chi connectivity index (χ4v) is 1.73. The van der Waals surface area contributed by atoms with Crippen LogP contribution in [0.2, 0.25) is 0 Å². The summed E-state index contributed by atoms with van der Waals surface area (Å²) in [6.07, 6.45) is 0. The van der Waals surface area contributed by atoms with Crippen LogP contribution < -0.4 is 4.74 Å². The first-order chi connectivity index (χ1) is 10.0. The second-order valence-electron chi connectivity index (χ2n) is 4.41. The zero-order chi connectivity index (χ0) is 15.8. The van der Waals surface area contributed by atoms with E-state index in [-0.39, 0.29) is 24.5 Å². The number of nitrogens with zero attached hydrogens (tertiary/aromatic N) is 1. The summed E-state index contributed by atoms with van der Waals surface area (Å²) in [6.45, 7) is 5.35. The van der Waals surface area contributed by atoms with Gasteiger partial charge in [0.15, 0.2) is 0 Å². The van der Waals surface area contributed by atoms with Gasteiger partial charge >= 0.3 is 5.97 Å². The summed E-state index contributed by atoms with van der Waals surface area (Å²) < 4.78 is 10.5. The van der Waals surface area contributed by atoms with Gasteiger partial charge in [0.2, 0.25) is 0 Å². The first kappa shape index (κ1) is 16.8. The Hall–Kier alpha value is -2.30. The van der Waals surface area contributed by atoms with Gasteiger partial charge in [-0.1, -0.05) is 18.2 Å². The number of hydrogen-bond donors (Lipinski definition) is 1. The van der Waals surface area contributed by atoms with Gasteiger partial charge in [-0.25, -0.2) is 4.79 Å². The van der Waals surface area contributed by atoms with Crippen LogP contribution in [0, 0.1) is 6.92 Å². The zero-order valence-corrected chi connectivity index (χ0v) is 12.8. The Morgan fingerprint density at radius 3 is 2.57 bits per heavy atom. The van der Waals surface area contributed by atoms with Crippen molar-refractivity contribution in [3.05, 3.63) is 41.2 Å². The maximum absolute atomic E-state index is 11.9. The van der Waals surface area contributed by atoms with Gasteiger partial charge in [-0.05, 0) is 32.4 Å². The van der Waals surface area contributed by atoms with E-state index in [9.17, 15) is 9.90 Å². The molecule has 0 heterocycles. The molecule has 0 spiro atoms. The number of aliphatic hydroxyl groups is 1. The summed E-state index contributed by atoms with van der Waals surface area (Å²) in [6, 6.07) is 7.44. The highest BCUT2D eigenvalue weighted by molar-refractivity contribution is 6.19. The monoisotopic (exact) mass is 291 g/mol. The average Bonchev–Trinajstić information content (AvgIpc) is 2.46. The Bertz CT molecular complexity index is 561. The van der Waals surface area contributed by atoms with Crippen molar-refractivity contribution in [2.45, 2.75) is 20.8 Å². The topological polar surface area (TPSA) is 68.1 Å². The number of benzene rings is 1. The number of carbonyl (C=O) groups is 1. The van der Waals surface area contributed by atoms with Gasteiger partial charge in [-0.2, -0.15) is 0 Å². The molecule has 1 aromatic rings. The molecule has 0 fully saturated rings. The van der Waals surface area contributed by atoms with E-state index in [1.54, 1.807) is 27.0 Å². The van der Waals surface area contributed by atoms with Crippen molar-refractivity contribution in [1.29, 1.82) is 0 Å². The third-order valence-electron chi connectivity index (χ3n) is 2.92. The molecule has 5 nitrogen and oxygen atoms in total. The summed E-state index contributed by atoms with van der Waals surface area (Å²) in [4.78, 5) is 15.8. The molecular formula is C16H21NO4. The zero-order valence-electron chi connectivity index (χ0n) is 12.8. The van der Waals surface area contributed by atoms with E-state index in [4.69, 9.17) is 9.47 Å². The van der Waals surface area contributed by atoms with Crippen molar-refractivity contribution in [2.75, 3.05) is 20.3 Å². The largest absolute Gasteiger partial charge is 0.508 e. The van der Waals surface area contributed by atoms with E-state index in [1.165, 1.54) is 0 Å². The van der Waals surface area contributed by atoms with Crippen LogP contribution in [-0.2, 0) is 9.53 Å². The lowest BCUT2D eigenvalue weighted by atomic mass is 10.1. The Morgan fingerprint density at radius 2 is 2.00 bits per heavy atom. The van der Waals surface area contributed by atoms with Gasteiger partial charge in [0, 0.05) is 12.8 Å². The van der Waals surface area contributed by atoms with Crippen LogP contribution in [0.15, 0.2) is 40.6 Å². The second kappa shape index (κ2) is 8.09. The standard InChI is InChI=1S/C16H21NO4/c1-5-20-16(19)15(12(3)17-4)13(18)10-21-14-9-7-6-8-11(14)2/h6-9,18H,5,10H2,1-4H3/b15-13-,17-12?. The SMILES string of the molecule is CCOC(=O)/C(C(C)=NC)=C(\O)COc1ccccc1C. The molecule has 0 aliphatic carbocycles. The van der Waals surface area contributed by atoms with Gasteiger partial charge < -0.3 is 14.6 Å². The highest BCUT2D eigenvalue weighted by Gasteiger charge is 2.20. The molecule has 0 aromatic heterocycles. The quantitative estimate of drug-likeness (QED) is 0.379. The fraction of sp³-hybridized carbons (Fsp3) is 0.375. The van der Waals surface area contributed by atoms with Gasteiger partial charge in [-0.15, -0.1) is 0 Å². The van der Waals surface area contributed by atoms with E-state index >= 15 is 0 Å². The van der Waals surface area contributed by atoms with Crippen molar-refractivity contribution >= 4 is 11.7 Å². The van der Waals surface area contributed by atoms with Crippen LogP contribution in [0.1, 0.15) is 19.4 Å². The molecule has 0 amide bonds. The molecule has 1 N–H and O–H groups in total. The predicted octanol–water partition coefficient (Wildman–Crippen LogP) is 2.84. The maximum Gasteiger partial charge on any atom is 0.343 e. The number of esters is 1. The van der Waals surface area contributed by atoms with Gasteiger partial charge in [0.25, 0.3) is 0 Å². The highest BCUT2D eigenvalue weighted by atomic mass is 16.5. The molecule has 1 rings (SSSR count). The molecule has 0 saturated heterocycles. The number of para-hydroxylation sites is 1. The number of rotatable bonds is 6. The van der Waals surface area contributed by atoms with Gasteiger partial charge in [-0.3, -0.25) is 4.99 Å². The lowest BCUT2D eigenvalue weighted by Gasteiger charge is -2.12. The van der Waals surface area contributed by atoms with E-state index in [0.717, 1.165) is 5.56 Å². The Morgan fingerprint density at radius 1 is 1.33 bits per heavy atom. The average molecular weight is 291 g/mol. The minimum absolute atomic E-state index is 0.0490. The number of aryl methyl sites for hydroxylation is 1. The third-order valence-corrected chi connectivity index (χ3v) is 2.92. The molecule has 5 heteroatoms. The van der Waals surface area contributed by atoms with Crippen LogP contribution >= 0.6 is 0 Å². The fourth-order valence-electron chi connectivity index (χ4n) is 1.73. The number of aliphatic imine (C=N–C) groups is 1. The van der Waals surface area contributed by atoms with Crippen molar-refractivity contribution in [1.82, 2.24) is 0 Å². The summed E-state index contributed by atoms with van der Waals surface area (Å²) in [5.41, 5.74) is 1.40. The van der Waals surface area contributed by atoms with E-state index in [2.05, 4.69) is 4.99 Å². The second-order valence-corrected chi connectivity index (χ2v) is 4.41. The van der Waals surface area contributed by atoms with Crippen LogP contribution in [0.5, 0.6) is 5.75 Å². The molecule has 0 radical (unpaired) electrons. The number of carbonyl (C=O) groups excluding carboxylic acids is 1. The smallest absolute Gasteiger partial charge is 0.343 e. The Balaban J connectivity index is 2.95. The Labute approximate surface area is 124 Å². The normalized spacial score (nSPS) is 12.7. The number of hydrogen-bond acceptors (Lipinski definition) is 5. The summed E-state index contributed by atoms with van der Waals surface area (Å²) in [7, 11) is 1.55.